The molecule has 4 heteroatoms. The van der Waals surface area contributed by atoms with E-state index >= 15 is 0 Å². The molecule has 88 valence electrons. The van der Waals surface area contributed by atoms with Crippen LogP contribution >= 0.6 is 0 Å². The molecule has 0 fully saturated rings. The van der Waals surface area contributed by atoms with Crippen LogP contribution in [0, 0.1) is 5.82 Å². The molecule has 0 radical (unpaired) electrons. The molecule has 0 aromatic heterocycles. The fraction of sp³-hybridized carbons (Fsp3) is 0.417. The van der Waals surface area contributed by atoms with Gasteiger partial charge < -0.3 is 9.64 Å². The molecule has 1 aromatic carbocycles. The van der Waals surface area contributed by atoms with E-state index in [1.165, 1.54) is 13.2 Å². The fourth-order valence-corrected chi connectivity index (χ4v) is 1.44. The Bertz CT molecular complexity index is 355. The Kier molecular flexibility index (Phi) is 4.76. The van der Waals surface area contributed by atoms with E-state index in [-0.39, 0.29) is 11.8 Å². The lowest BCUT2D eigenvalue weighted by Gasteiger charge is -2.19. The van der Waals surface area contributed by atoms with Crippen LogP contribution in [0.1, 0.15) is 12.8 Å². The number of nitrogens with zero attached hydrogens (tertiary/aromatic N) is 1. The van der Waals surface area contributed by atoms with Crippen LogP contribution in [0.3, 0.4) is 0 Å². The average molecular weight is 225 g/mol. The normalized spacial score (nSPS) is 9.94. The van der Waals surface area contributed by atoms with E-state index < -0.39 is 0 Å². The van der Waals surface area contributed by atoms with Gasteiger partial charge in [-0.15, -0.1) is 0 Å². The van der Waals surface area contributed by atoms with Crippen molar-refractivity contribution < 1.29 is 13.9 Å². The van der Waals surface area contributed by atoms with Crippen LogP contribution in [-0.4, -0.2) is 26.7 Å². The number of ether oxygens (including phenoxy) is 1. The summed E-state index contributed by atoms with van der Waals surface area (Å²) in [4.78, 5) is 12.7. The van der Waals surface area contributed by atoms with E-state index in [0.717, 1.165) is 0 Å². The van der Waals surface area contributed by atoms with Crippen molar-refractivity contribution in [1.29, 1.82) is 0 Å². The first-order valence-electron chi connectivity index (χ1n) is 5.17. The third kappa shape index (κ3) is 3.53. The lowest BCUT2D eigenvalue weighted by atomic mass is 10.2. The average Bonchev–Trinajstić information content (AvgIpc) is 2.29. The third-order valence-corrected chi connectivity index (χ3v) is 2.37. The molecule has 0 amide bonds. The number of para-hydroxylation sites is 1. The van der Waals surface area contributed by atoms with Crippen molar-refractivity contribution in [2.24, 2.45) is 0 Å². The highest BCUT2D eigenvalue weighted by atomic mass is 19.1. The summed E-state index contributed by atoms with van der Waals surface area (Å²) in [5, 5.41) is 0. The Morgan fingerprint density at radius 2 is 2.12 bits per heavy atom. The molecule has 0 atom stereocenters. The second-order valence-corrected chi connectivity index (χ2v) is 3.55. The zero-order valence-corrected chi connectivity index (χ0v) is 9.57. The van der Waals surface area contributed by atoms with Gasteiger partial charge in [0.2, 0.25) is 0 Å². The number of esters is 1. The number of carbonyl (C=O) groups is 1. The Labute approximate surface area is 94.8 Å². The summed E-state index contributed by atoms with van der Waals surface area (Å²) in [6.45, 7) is 0.621. The molecule has 1 aromatic rings. The van der Waals surface area contributed by atoms with E-state index in [1.54, 1.807) is 30.1 Å². The van der Waals surface area contributed by atoms with Gasteiger partial charge in [-0.1, -0.05) is 12.1 Å². The second kappa shape index (κ2) is 6.10. The van der Waals surface area contributed by atoms with Crippen LogP contribution in [0.5, 0.6) is 0 Å². The van der Waals surface area contributed by atoms with Crippen molar-refractivity contribution in [3.8, 4) is 0 Å². The van der Waals surface area contributed by atoms with Crippen molar-refractivity contribution >= 4 is 11.7 Å². The summed E-state index contributed by atoms with van der Waals surface area (Å²) < 4.78 is 17.9. The van der Waals surface area contributed by atoms with Crippen LogP contribution in [0.25, 0.3) is 0 Å². The molecule has 0 aliphatic rings. The molecule has 1 rings (SSSR count). The summed E-state index contributed by atoms with van der Waals surface area (Å²) in [7, 11) is 3.17. The van der Waals surface area contributed by atoms with Gasteiger partial charge in [0.25, 0.3) is 0 Å². The van der Waals surface area contributed by atoms with E-state index in [4.69, 9.17) is 0 Å². The van der Waals surface area contributed by atoms with Gasteiger partial charge >= 0.3 is 5.97 Å². The number of halogens is 1. The predicted octanol–water partition coefficient (Wildman–Crippen LogP) is 2.22. The molecular formula is C12H16FNO2. The zero-order chi connectivity index (χ0) is 12.0. The first-order valence-corrected chi connectivity index (χ1v) is 5.17. The number of hydrogen-bond donors (Lipinski definition) is 0. The van der Waals surface area contributed by atoms with Gasteiger partial charge in [0.1, 0.15) is 5.82 Å². The van der Waals surface area contributed by atoms with Crippen molar-refractivity contribution in [3.05, 3.63) is 30.1 Å². The number of rotatable bonds is 5. The topological polar surface area (TPSA) is 29.5 Å². The van der Waals surface area contributed by atoms with E-state index in [1.807, 2.05) is 0 Å². The number of hydrogen-bond acceptors (Lipinski definition) is 3. The highest BCUT2D eigenvalue weighted by Gasteiger charge is 2.07. The van der Waals surface area contributed by atoms with Gasteiger partial charge in [-0.25, -0.2) is 4.39 Å². The number of anilines is 1. The first-order chi connectivity index (χ1) is 7.65. The highest BCUT2D eigenvalue weighted by molar-refractivity contribution is 5.69. The molecule has 0 spiro atoms. The lowest BCUT2D eigenvalue weighted by molar-refractivity contribution is -0.140. The van der Waals surface area contributed by atoms with Crippen LogP contribution < -0.4 is 4.90 Å². The Morgan fingerprint density at radius 1 is 1.44 bits per heavy atom. The van der Waals surface area contributed by atoms with Gasteiger partial charge in [-0.3, -0.25) is 4.79 Å². The van der Waals surface area contributed by atoms with Gasteiger partial charge in [0.05, 0.1) is 12.8 Å². The largest absolute Gasteiger partial charge is 0.469 e. The van der Waals surface area contributed by atoms with Crippen molar-refractivity contribution in [2.75, 3.05) is 25.6 Å². The molecule has 0 N–H and O–H groups in total. The van der Waals surface area contributed by atoms with Crippen LogP contribution in [-0.2, 0) is 9.53 Å². The van der Waals surface area contributed by atoms with Gasteiger partial charge in [-0.05, 0) is 18.6 Å². The standard InChI is InChI=1S/C12H16FNO2/c1-14(9-5-8-12(15)16-2)11-7-4-3-6-10(11)13/h3-4,6-7H,5,8-9H2,1-2H3. The smallest absolute Gasteiger partial charge is 0.305 e. The number of methoxy groups -OCH3 is 1. The lowest BCUT2D eigenvalue weighted by Crippen LogP contribution is -2.20. The maximum atomic E-state index is 13.4. The maximum absolute atomic E-state index is 13.4. The molecule has 0 aliphatic heterocycles. The second-order valence-electron chi connectivity index (χ2n) is 3.55. The minimum atomic E-state index is -0.247. The highest BCUT2D eigenvalue weighted by Crippen LogP contribution is 2.17. The Morgan fingerprint density at radius 3 is 2.75 bits per heavy atom. The van der Waals surface area contributed by atoms with E-state index in [2.05, 4.69) is 4.74 Å². The minimum Gasteiger partial charge on any atom is -0.469 e. The van der Waals surface area contributed by atoms with Crippen LogP contribution in [0.4, 0.5) is 10.1 Å². The van der Waals surface area contributed by atoms with Crippen molar-refractivity contribution in [3.63, 3.8) is 0 Å². The predicted molar refractivity (Wildman–Crippen MR) is 60.9 cm³/mol. The molecule has 3 nitrogen and oxygen atoms in total. The van der Waals surface area contributed by atoms with Gasteiger partial charge in [0, 0.05) is 20.0 Å². The molecule has 0 heterocycles. The summed E-state index contributed by atoms with van der Waals surface area (Å²) in [5.74, 6) is -0.481. The summed E-state index contributed by atoms with van der Waals surface area (Å²) in [5.41, 5.74) is 0.548. The summed E-state index contributed by atoms with van der Waals surface area (Å²) in [6.07, 6.45) is 1.01. The molecule has 0 saturated carbocycles. The number of benzene rings is 1. The molecule has 16 heavy (non-hydrogen) atoms. The molecular weight excluding hydrogens is 209 g/mol. The quantitative estimate of drug-likeness (QED) is 0.719. The monoisotopic (exact) mass is 225 g/mol. The SMILES string of the molecule is COC(=O)CCCN(C)c1ccccc1F. The third-order valence-electron chi connectivity index (χ3n) is 2.37. The maximum Gasteiger partial charge on any atom is 0.305 e. The van der Waals surface area contributed by atoms with Gasteiger partial charge in [-0.2, -0.15) is 0 Å². The van der Waals surface area contributed by atoms with Crippen molar-refractivity contribution in [2.45, 2.75) is 12.8 Å². The van der Waals surface area contributed by atoms with Crippen molar-refractivity contribution in [1.82, 2.24) is 0 Å². The van der Waals surface area contributed by atoms with E-state index in [0.29, 0.717) is 25.1 Å². The zero-order valence-electron chi connectivity index (χ0n) is 9.57. The summed E-state index contributed by atoms with van der Waals surface area (Å²) in [6, 6.07) is 6.58. The van der Waals surface area contributed by atoms with E-state index in [9.17, 15) is 9.18 Å². The molecule has 0 unspecified atom stereocenters. The number of carbonyl (C=O) groups excluding carboxylic acids is 1. The minimum absolute atomic E-state index is 0.234. The molecule has 0 aliphatic carbocycles. The first kappa shape index (κ1) is 12.5. The van der Waals surface area contributed by atoms with Crippen LogP contribution in [0.15, 0.2) is 24.3 Å². The van der Waals surface area contributed by atoms with Crippen LogP contribution in [0.2, 0.25) is 0 Å². The molecule has 0 saturated heterocycles. The van der Waals surface area contributed by atoms with Gasteiger partial charge in [0.15, 0.2) is 0 Å². The Hall–Kier alpha value is -1.58. The summed E-state index contributed by atoms with van der Waals surface area (Å²) >= 11 is 0. The molecule has 0 bridgehead atoms. The fourth-order valence-electron chi connectivity index (χ4n) is 1.44. The Balaban J connectivity index is 2.44.